The lowest BCUT2D eigenvalue weighted by molar-refractivity contribution is -0.385. The number of hydrogen-bond acceptors (Lipinski definition) is 6. The molecular weight excluding hydrogens is 210 g/mol. The summed E-state index contributed by atoms with van der Waals surface area (Å²) in [5.74, 6) is 0.644. The lowest BCUT2D eigenvalue weighted by Crippen LogP contribution is -2.10. The maximum absolute atomic E-state index is 10.9. The summed E-state index contributed by atoms with van der Waals surface area (Å²) in [4.78, 5) is 18.4. The maximum Gasteiger partial charge on any atom is 0.332 e. The van der Waals surface area contributed by atoms with E-state index in [0.29, 0.717) is 18.2 Å². The highest BCUT2D eigenvalue weighted by Crippen LogP contribution is 2.26. The van der Waals surface area contributed by atoms with Crippen molar-refractivity contribution in [2.45, 2.75) is 20.3 Å². The fraction of sp³-hybridized carbons (Fsp3) is 0.556. The number of nitrogens with one attached hydrogen (secondary N) is 2. The molecule has 0 bridgehead atoms. The van der Waals surface area contributed by atoms with Crippen molar-refractivity contribution in [1.82, 2.24) is 9.97 Å². The van der Waals surface area contributed by atoms with E-state index in [1.807, 2.05) is 6.92 Å². The van der Waals surface area contributed by atoms with E-state index in [1.165, 1.54) is 0 Å². The van der Waals surface area contributed by atoms with Crippen molar-refractivity contribution in [3.05, 3.63) is 15.8 Å². The Morgan fingerprint density at radius 2 is 2.12 bits per heavy atom. The van der Waals surface area contributed by atoms with Gasteiger partial charge in [-0.1, -0.05) is 6.92 Å². The monoisotopic (exact) mass is 225 g/mol. The van der Waals surface area contributed by atoms with Crippen molar-refractivity contribution in [2.75, 3.05) is 24.2 Å². The van der Waals surface area contributed by atoms with E-state index in [9.17, 15) is 10.1 Å². The van der Waals surface area contributed by atoms with E-state index in [0.717, 1.165) is 6.42 Å². The molecule has 1 rings (SSSR count). The zero-order valence-corrected chi connectivity index (χ0v) is 9.57. The molecule has 0 unspecified atom stereocenters. The third-order valence-corrected chi connectivity index (χ3v) is 2.01. The number of aryl methyl sites for hydroxylation is 1. The second kappa shape index (κ2) is 5.24. The van der Waals surface area contributed by atoms with Crippen LogP contribution < -0.4 is 10.6 Å². The molecule has 88 valence electrons. The molecule has 16 heavy (non-hydrogen) atoms. The predicted octanol–water partition coefficient (Wildman–Crippen LogP) is 1.56. The highest BCUT2D eigenvalue weighted by atomic mass is 16.6. The second-order valence-corrected chi connectivity index (χ2v) is 3.26. The van der Waals surface area contributed by atoms with Crippen LogP contribution in [0.15, 0.2) is 0 Å². The van der Waals surface area contributed by atoms with Gasteiger partial charge in [0.1, 0.15) is 5.69 Å². The quantitative estimate of drug-likeness (QED) is 0.583. The zero-order valence-electron chi connectivity index (χ0n) is 9.57. The Bertz CT molecular complexity index is 394. The standard InChI is InChI=1S/C9H15N5O2/c1-4-5-11-8-7(14(15)16)6(2)12-9(10-3)13-8/h4-5H2,1-3H3,(H2,10,11,12,13). The zero-order chi connectivity index (χ0) is 12.1. The SMILES string of the molecule is CCCNc1nc(NC)nc(C)c1[N+](=O)[O-]. The molecule has 0 amide bonds. The average molecular weight is 225 g/mol. The first kappa shape index (κ1) is 12.2. The van der Waals surface area contributed by atoms with Gasteiger partial charge in [0.15, 0.2) is 0 Å². The van der Waals surface area contributed by atoms with Gasteiger partial charge in [0.2, 0.25) is 11.8 Å². The minimum Gasteiger partial charge on any atom is -0.364 e. The number of aromatic nitrogens is 2. The molecule has 0 atom stereocenters. The molecular formula is C9H15N5O2. The summed E-state index contributed by atoms with van der Waals surface area (Å²) in [6.45, 7) is 4.21. The van der Waals surface area contributed by atoms with Crippen LogP contribution in [0.4, 0.5) is 17.5 Å². The largest absolute Gasteiger partial charge is 0.364 e. The number of nitrogens with zero attached hydrogens (tertiary/aromatic N) is 3. The number of rotatable bonds is 5. The molecule has 0 aromatic carbocycles. The lowest BCUT2D eigenvalue weighted by atomic mass is 10.3. The minimum atomic E-state index is -0.466. The average Bonchev–Trinajstić information content (AvgIpc) is 2.24. The second-order valence-electron chi connectivity index (χ2n) is 3.26. The number of hydrogen-bond donors (Lipinski definition) is 2. The van der Waals surface area contributed by atoms with E-state index in [-0.39, 0.29) is 11.5 Å². The first-order chi connectivity index (χ1) is 7.60. The fourth-order valence-electron chi connectivity index (χ4n) is 1.26. The lowest BCUT2D eigenvalue weighted by Gasteiger charge is -2.08. The molecule has 0 aliphatic heterocycles. The minimum absolute atomic E-state index is 0.0625. The molecule has 1 heterocycles. The van der Waals surface area contributed by atoms with Crippen LogP contribution in [0.2, 0.25) is 0 Å². The van der Waals surface area contributed by atoms with Crippen molar-refractivity contribution >= 4 is 17.5 Å². The van der Waals surface area contributed by atoms with Crippen molar-refractivity contribution in [2.24, 2.45) is 0 Å². The topological polar surface area (TPSA) is 93.0 Å². The normalized spacial score (nSPS) is 9.94. The molecule has 7 nitrogen and oxygen atoms in total. The number of nitro groups is 1. The van der Waals surface area contributed by atoms with Gasteiger partial charge in [-0.05, 0) is 13.3 Å². The van der Waals surface area contributed by atoms with Crippen molar-refractivity contribution in [3.63, 3.8) is 0 Å². The molecule has 0 fully saturated rings. The van der Waals surface area contributed by atoms with Crippen LogP contribution in [-0.4, -0.2) is 28.5 Å². The van der Waals surface area contributed by atoms with Crippen molar-refractivity contribution in [3.8, 4) is 0 Å². The summed E-state index contributed by atoms with van der Waals surface area (Å²) >= 11 is 0. The van der Waals surface area contributed by atoms with Crippen LogP contribution in [0.1, 0.15) is 19.0 Å². The van der Waals surface area contributed by atoms with Gasteiger partial charge < -0.3 is 10.6 Å². The Morgan fingerprint density at radius 3 is 2.62 bits per heavy atom. The molecule has 0 saturated carbocycles. The molecule has 0 radical (unpaired) electrons. The number of anilines is 2. The third-order valence-electron chi connectivity index (χ3n) is 2.01. The summed E-state index contributed by atoms with van der Waals surface area (Å²) in [5, 5.41) is 16.6. The van der Waals surface area contributed by atoms with Gasteiger partial charge in [-0.15, -0.1) is 0 Å². The van der Waals surface area contributed by atoms with E-state index in [4.69, 9.17) is 0 Å². The molecule has 0 aliphatic rings. The Kier molecular flexibility index (Phi) is 3.98. The van der Waals surface area contributed by atoms with Gasteiger partial charge in [0.05, 0.1) is 4.92 Å². The van der Waals surface area contributed by atoms with Crippen LogP contribution in [0.3, 0.4) is 0 Å². The molecule has 0 spiro atoms. The van der Waals surface area contributed by atoms with Crippen LogP contribution in [0, 0.1) is 17.0 Å². The highest BCUT2D eigenvalue weighted by molar-refractivity contribution is 5.60. The van der Waals surface area contributed by atoms with Gasteiger partial charge >= 0.3 is 5.69 Å². The van der Waals surface area contributed by atoms with Gasteiger partial charge in [0, 0.05) is 13.6 Å². The van der Waals surface area contributed by atoms with Gasteiger partial charge in [-0.2, -0.15) is 4.98 Å². The Labute approximate surface area is 93.4 Å². The summed E-state index contributed by atoms with van der Waals surface area (Å²) in [6, 6.07) is 0. The molecule has 0 saturated heterocycles. The summed E-state index contributed by atoms with van der Waals surface area (Å²) in [6.07, 6.45) is 0.870. The summed E-state index contributed by atoms with van der Waals surface area (Å²) in [7, 11) is 1.67. The molecule has 0 aliphatic carbocycles. The third kappa shape index (κ3) is 2.56. The first-order valence-electron chi connectivity index (χ1n) is 5.04. The molecule has 7 heteroatoms. The van der Waals surface area contributed by atoms with E-state index in [1.54, 1.807) is 14.0 Å². The Balaban J connectivity index is 3.17. The van der Waals surface area contributed by atoms with Gasteiger partial charge in [0.25, 0.3) is 0 Å². The maximum atomic E-state index is 10.9. The Hall–Kier alpha value is -1.92. The first-order valence-corrected chi connectivity index (χ1v) is 5.04. The van der Waals surface area contributed by atoms with Crippen molar-refractivity contribution in [1.29, 1.82) is 0 Å². The molecule has 2 N–H and O–H groups in total. The highest BCUT2D eigenvalue weighted by Gasteiger charge is 2.21. The summed E-state index contributed by atoms with van der Waals surface area (Å²) < 4.78 is 0. The van der Waals surface area contributed by atoms with Crippen LogP contribution in [0.25, 0.3) is 0 Å². The van der Waals surface area contributed by atoms with Gasteiger partial charge in [-0.25, -0.2) is 4.98 Å². The molecule has 1 aromatic rings. The smallest absolute Gasteiger partial charge is 0.332 e. The fourth-order valence-corrected chi connectivity index (χ4v) is 1.26. The van der Waals surface area contributed by atoms with Crippen molar-refractivity contribution < 1.29 is 4.92 Å². The van der Waals surface area contributed by atoms with Crippen LogP contribution in [0.5, 0.6) is 0 Å². The predicted molar refractivity (Wildman–Crippen MR) is 61.8 cm³/mol. The summed E-state index contributed by atoms with van der Waals surface area (Å²) in [5.41, 5.74) is 0.287. The van der Waals surface area contributed by atoms with E-state index >= 15 is 0 Å². The Morgan fingerprint density at radius 1 is 1.44 bits per heavy atom. The van der Waals surface area contributed by atoms with Crippen LogP contribution >= 0.6 is 0 Å². The van der Waals surface area contributed by atoms with E-state index in [2.05, 4.69) is 20.6 Å². The molecule has 1 aromatic heterocycles. The van der Waals surface area contributed by atoms with E-state index < -0.39 is 4.92 Å². The van der Waals surface area contributed by atoms with Gasteiger partial charge in [-0.3, -0.25) is 10.1 Å². The van der Waals surface area contributed by atoms with Crippen LogP contribution in [-0.2, 0) is 0 Å².